The van der Waals surface area contributed by atoms with Gasteiger partial charge in [0.1, 0.15) is 5.03 Å². The van der Waals surface area contributed by atoms with Gasteiger partial charge in [-0.3, -0.25) is 4.79 Å². The Bertz CT molecular complexity index is 571. The monoisotopic (exact) mass is 277 g/mol. The van der Waals surface area contributed by atoms with Crippen molar-refractivity contribution in [3.63, 3.8) is 0 Å². The molecule has 1 atom stereocenters. The summed E-state index contributed by atoms with van der Waals surface area (Å²) < 4.78 is 0. The molecule has 0 saturated carbocycles. The molecule has 0 saturated heterocycles. The van der Waals surface area contributed by atoms with Crippen molar-refractivity contribution in [3.05, 3.63) is 30.5 Å². The Kier molecular flexibility index (Phi) is 4.70. The molecule has 0 aliphatic rings. The van der Waals surface area contributed by atoms with Crippen molar-refractivity contribution in [1.82, 2.24) is 15.5 Å². The highest BCUT2D eigenvalue weighted by Crippen LogP contribution is 2.24. The summed E-state index contributed by atoms with van der Waals surface area (Å²) in [6, 6.07) is 7.56. The molecule has 0 aliphatic heterocycles. The zero-order valence-electron chi connectivity index (χ0n) is 10.5. The van der Waals surface area contributed by atoms with Crippen LogP contribution in [0.2, 0.25) is 0 Å². The van der Waals surface area contributed by atoms with Crippen LogP contribution >= 0.6 is 11.8 Å². The minimum Gasteiger partial charge on any atom is -0.394 e. The number of aromatic nitrogens is 2. The molecular weight excluding hydrogens is 262 g/mol. The van der Waals surface area contributed by atoms with Crippen LogP contribution in [0.25, 0.3) is 10.8 Å². The molecule has 2 N–H and O–H groups in total. The third kappa shape index (κ3) is 3.65. The van der Waals surface area contributed by atoms with Crippen molar-refractivity contribution in [3.8, 4) is 0 Å². The summed E-state index contributed by atoms with van der Waals surface area (Å²) in [7, 11) is 0. The molecule has 0 aliphatic carbocycles. The van der Waals surface area contributed by atoms with E-state index >= 15 is 0 Å². The Morgan fingerprint density at radius 1 is 1.47 bits per heavy atom. The van der Waals surface area contributed by atoms with Crippen LogP contribution in [0.15, 0.2) is 35.5 Å². The van der Waals surface area contributed by atoms with E-state index in [0.29, 0.717) is 0 Å². The van der Waals surface area contributed by atoms with Crippen LogP contribution < -0.4 is 5.32 Å². The molecule has 1 aromatic carbocycles. The number of nitrogens with one attached hydrogen (secondary N) is 1. The molecule has 2 rings (SSSR count). The number of carbonyl (C=O) groups excluding carboxylic acids is 1. The molecule has 19 heavy (non-hydrogen) atoms. The van der Waals surface area contributed by atoms with E-state index in [4.69, 9.17) is 5.11 Å². The van der Waals surface area contributed by atoms with E-state index in [-0.39, 0.29) is 24.3 Å². The highest BCUT2D eigenvalue weighted by molar-refractivity contribution is 8.00. The Hall–Kier alpha value is -1.66. The van der Waals surface area contributed by atoms with E-state index in [2.05, 4.69) is 15.5 Å². The molecule has 0 bridgehead atoms. The molecular formula is C13H15N3O2S. The molecule has 6 heteroatoms. The van der Waals surface area contributed by atoms with Crippen molar-refractivity contribution >= 4 is 28.4 Å². The summed E-state index contributed by atoms with van der Waals surface area (Å²) in [6.45, 7) is 1.69. The normalized spacial score (nSPS) is 12.3. The number of thioether (sulfide) groups is 1. The minimum absolute atomic E-state index is 0.0650. The maximum atomic E-state index is 11.6. The molecule has 2 aromatic rings. The number of amides is 1. The van der Waals surface area contributed by atoms with E-state index in [0.717, 1.165) is 15.8 Å². The predicted molar refractivity (Wildman–Crippen MR) is 75.0 cm³/mol. The van der Waals surface area contributed by atoms with Gasteiger partial charge in [0.25, 0.3) is 0 Å². The van der Waals surface area contributed by atoms with Gasteiger partial charge >= 0.3 is 0 Å². The van der Waals surface area contributed by atoms with Crippen molar-refractivity contribution in [2.24, 2.45) is 0 Å². The lowest BCUT2D eigenvalue weighted by Crippen LogP contribution is -2.36. The number of carbonyl (C=O) groups is 1. The fourth-order valence-electron chi connectivity index (χ4n) is 1.60. The third-order valence-corrected chi connectivity index (χ3v) is 3.54. The fourth-order valence-corrected chi connectivity index (χ4v) is 2.40. The highest BCUT2D eigenvalue weighted by Gasteiger charge is 2.09. The van der Waals surface area contributed by atoms with Crippen molar-refractivity contribution in [1.29, 1.82) is 0 Å². The predicted octanol–water partition coefficient (Wildman–Crippen LogP) is 1.22. The van der Waals surface area contributed by atoms with Crippen LogP contribution in [0.3, 0.4) is 0 Å². The Morgan fingerprint density at radius 3 is 3.05 bits per heavy atom. The van der Waals surface area contributed by atoms with E-state index < -0.39 is 0 Å². The van der Waals surface area contributed by atoms with Gasteiger partial charge in [0.15, 0.2) is 0 Å². The number of rotatable bonds is 5. The van der Waals surface area contributed by atoms with Crippen molar-refractivity contribution in [2.75, 3.05) is 12.4 Å². The lowest BCUT2D eigenvalue weighted by atomic mass is 10.2. The number of nitrogens with zero attached hydrogens (tertiary/aromatic N) is 2. The zero-order valence-corrected chi connectivity index (χ0v) is 11.4. The van der Waals surface area contributed by atoms with E-state index in [9.17, 15) is 4.79 Å². The lowest BCUT2D eigenvalue weighted by molar-refractivity contribution is -0.119. The minimum atomic E-state index is -0.230. The second-order valence-electron chi connectivity index (χ2n) is 4.18. The molecule has 1 aromatic heterocycles. The van der Waals surface area contributed by atoms with Gasteiger partial charge in [-0.25, -0.2) is 0 Å². The Labute approximate surface area is 115 Å². The summed E-state index contributed by atoms with van der Waals surface area (Å²) in [4.78, 5) is 11.6. The maximum absolute atomic E-state index is 11.6. The van der Waals surface area contributed by atoms with Gasteiger partial charge in [0.2, 0.25) is 5.91 Å². The van der Waals surface area contributed by atoms with Gasteiger partial charge < -0.3 is 10.4 Å². The van der Waals surface area contributed by atoms with E-state index in [1.807, 2.05) is 24.3 Å². The van der Waals surface area contributed by atoms with Gasteiger partial charge in [-0.1, -0.05) is 36.0 Å². The van der Waals surface area contributed by atoms with E-state index in [1.54, 1.807) is 13.1 Å². The first-order valence-corrected chi connectivity index (χ1v) is 6.92. The molecule has 0 fully saturated rings. The Morgan fingerprint density at radius 2 is 2.26 bits per heavy atom. The third-order valence-electron chi connectivity index (χ3n) is 2.56. The largest absolute Gasteiger partial charge is 0.394 e. The summed E-state index contributed by atoms with van der Waals surface area (Å²) in [5.41, 5.74) is 0. The van der Waals surface area contributed by atoms with Crippen LogP contribution in [0, 0.1) is 0 Å². The van der Waals surface area contributed by atoms with Gasteiger partial charge in [0.05, 0.1) is 18.6 Å². The number of benzene rings is 1. The summed E-state index contributed by atoms with van der Waals surface area (Å²) in [6.07, 6.45) is 1.70. The SMILES string of the molecule is CC(CO)NC(=O)CSc1nncc2ccccc12. The van der Waals surface area contributed by atoms with Crippen LogP contribution in [0.4, 0.5) is 0 Å². The van der Waals surface area contributed by atoms with Crippen LogP contribution in [0.5, 0.6) is 0 Å². The van der Waals surface area contributed by atoms with E-state index in [1.165, 1.54) is 11.8 Å². The molecule has 5 nitrogen and oxygen atoms in total. The standard InChI is InChI=1S/C13H15N3O2S/c1-9(7-17)15-12(18)8-19-13-11-5-3-2-4-10(11)6-14-16-13/h2-6,9,17H,7-8H2,1H3,(H,15,18). The van der Waals surface area contributed by atoms with Crippen LogP contribution in [-0.2, 0) is 4.79 Å². The van der Waals surface area contributed by atoms with Gasteiger partial charge in [-0.15, -0.1) is 5.10 Å². The number of hydrogen-bond acceptors (Lipinski definition) is 5. The number of aliphatic hydroxyl groups excluding tert-OH is 1. The van der Waals surface area contributed by atoms with Gasteiger partial charge in [-0.05, 0) is 6.92 Å². The van der Waals surface area contributed by atoms with Crippen molar-refractivity contribution in [2.45, 2.75) is 18.0 Å². The van der Waals surface area contributed by atoms with Gasteiger partial charge in [-0.2, -0.15) is 5.10 Å². The first-order valence-electron chi connectivity index (χ1n) is 5.94. The maximum Gasteiger partial charge on any atom is 0.230 e. The fraction of sp³-hybridized carbons (Fsp3) is 0.308. The second-order valence-corrected chi connectivity index (χ2v) is 5.14. The second kappa shape index (κ2) is 6.49. The molecule has 100 valence electrons. The molecule has 0 radical (unpaired) electrons. The molecule has 0 spiro atoms. The average molecular weight is 277 g/mol. The summed E-state index contributed by atoms with van der Waals surface area (Å²) >= 11 is 1.34. The van der Waals surface area contributed by atoms with Crippen LogP contribution in [0.1, 0.15) is 6.92 Å². The Balaban J connectivity index is 2.04. The first-order chi connectivity index (χ1) is 9.20. The molecule has 1 unspecified atom stereocenters. The highest BCUT2D eigenvalue weighted by atomic mass is 32.2. The van der Waals surface area contributed by atoms with Gasteiger partial charge in [0, 0.05) is 16.8 Å². The topological polar surface area (TPSA) is 75.1 Å². The number of hydrogen-bond donors (Lipinski definition) is 2. The molecule has 1 heterocycles. The number of aliphatic hydroxyl groups is 1. The van der Waals surface area contributed by atoms with Crippen molar-refractivity contribution < 1.29 is 9.90 Å². The zero-order chi connectivity index (χ0) is 13.7. The first kappa shape index (κ1) is 13.8. The smallest absolute Gasteiger partial charge is 0.230 e. The summed E-state index contributed by atoms with van der Waals surface area (Å²) in [5, 5.41) is 22.3. The number of fused-ring (bicyclic) bond motifs is 1. The molecule has 1 amide bonds. The summed E-state index contributed by atoms with van der Waals surface area (Å²) in [5.74, 6) is 0.133. The van der Waals surface area contributed by atoms with Crippen LogP contribution in [-0.4, -0.2) is 39.6 Å². The quantitative estimate of drug-likeness (QED) is 0.804. The lowest BCUT2D eigenvalue weighted by Gasteiger charge is -2.10. The average Bonchev–Trinajstić information content (AvgIpc) is 2.44.